The Morgan fingerprint density at radius 2 is 1.56 bits per heavy atom. The number of rotatable bonds is 7. The quantitative estimate of drug-likeness (QED) is 0.352. The lowest BCUT2D eigenvalue weighted by Gasteiger charge is -2.12. The molecule has 4 aromatic carbocycles. The van der Waals surface area contributed by atoms with Crippen LogP contribution < -0.4 is 10.5 Å². The van der Waals surface area contributed by atoms with E-state index in [0.717, 1.165) is 39.1 Å². The lowest BCUT2D eigenvalue weighted by molar-refractivity contribution is -0.113. The fraction of sp³-hybridized carbons (Fsp3) is 0.0690. The molecule has 0 bridgehead atoms. The number of carbonyl (C=O) groups is 1. The number of nitrogens with two attached hydrogens (primary N) is 1. The molecule has 0 heterocycles. The maximum absolute atomic E-state index is 11.4. The second-order valence-corrected chi connectivity index (χ2v) is 7.71. The van der Waals surface area contributed by atoms with E-state index in [4.69, 9.17) is 10.5 Å². The van der Waals surface area contributed by atoms with Crippen LogP contribution >= 0.6 is 0 Å². The van der Waals surface area contributed by atoms with Crippen LogP contribution in [0.1, 0.15) is 16.7 Å². The number of hydrogen-bond acceptors (Lipinski definition) is 2. The van der Waals surface area contributed by atoms with Crippen LogP contribution in [0.5, 0.6) is 5.75 Å². The van der Waals surface area contributed by atoms with Gasteiger partial charge >= 0.3 is 0 Å². The highest BCUT2D eigenvalue weighted by Crippen LogP contribution is 2.32. The molecule has 0 spiro atoms. The Morgan fingerprint density at radius 3 is 2.34 bits per heavy atom. The van der Waals surface area contributed by atoms with Gasteiger partial charge in [0.2, 0.25) is 5.91 Å². The number of benzene rings is 4. The molecule has 0 aliphatic rings. The van der Waals surface area contributed by atoms with Crippen molar-refractivity contribution in [3.63, 3.8) is 0 Å². The molecule has 0 fully saturated rings. The van der Waals surface area contributed by atoms with E-state index in [-0.39, 0.29) is 0 Å². The van der Waals surface area contributed by atoms with E-state index in [9.17, 15) is 4.79 Å². The van der Waals surface area contributed by atoms with Crippen molar-refractivity contribution in [1.82, 2.24) is 0 Å². The van der Waals surface area contributed by atoms with Gasteiger partial charge in [0.05, 0.1) is 0 Å². The summed E-state index contributed by atoms with van der Waals surface area (Å²) in [5.41, 5.74) is 12.8. The zero-order chi connectivity index (χ0) is 22.3. The summed E-state index contributed by atoms with van der Waals surface area (Å²) in [5, 5.41) is 0. The van der Waals surface area contributed by atoms with Crippen molar-refractivity contribution in [3.8, 4) is 28.0 Å². The maximum atomic E-state index is 11.4. The van der Waals surface area contributed by atoms with Crippen LogP contribution in [0, 0.1) is 6.92 Å². The molecule has 0 saturated heterocycles. The predicted octanol–water partition coefficient (Wildman–Crippen LogP) is 6.41. The molecule has 0 unspecified atom stereocenters. The minimum atomic E-state index is -0.475. The van der Waals surface area contributed by atoms with Gasteiger partial charge in [-0.05, 0) is 64.6 Å². The number of carbonyl (C=O) groups excluding carboxylic acids is 1. The second kappa shape index (κ2) is 9.80. The van der Waals surface area contributed by atoms with Gasteiger partial charge in [-0.2, -0.15) is 0 Å². The smallest absolute Gasteiger partial charge is 0.241 e. The van der Waals surface area contributed by atoms with Crippen molar-refractivity contribution in [2.75, 3.05) is 0 Å². The second-order valence-electron chi connectivity index (χ2n) is 7.71. The molecule has 4 aromatic rings. The SMILES string of the molecule is Cc1cccc(-c2ccc(-c3cccc(OCc4ccccc4)c3)c(/C=C/C(N)=O)c2)c1. The van der Waals surface area contributed by atoms with Gasteiger partial charge in [0.1, 0.15) is 12.4 Å². The first-order valence-corrected chi connectivity index (χ1v) is 10.5. The Hall–Kier alpha value is -4.11. The summed E-state index contributed by atoms with van der Waals surface area (Å²) < 4.78 is 6.01. The van der Waals surface area contributed by atoms with Crippen molar-refractivity contribution >= 4 is 12.0 Å². The third kappa shape index (κ3) is 5.32. The van der Waals surface area contributed by atoms with Crippen molar-refractivity contribution in [2.45, 2.75) is 13.5 Å². The first-order valence-electron chi connectivity index (χ1n) is 10.5. The molecular formula is C29H25NO2. The van der Waals surface area contributed by atoms with E-state index < -0.39 is 5.91 Å². The highest BCUT2D eigenvalue weighted by atomic mass is 16.5. The number of amides is 1. The molecule has 0 aliphatic carbocycles. The molecule has 3 nitrogen and oxygen atoms in total. The third-order valence-corrected chi connectivity index (χ3v) is 5.22. The van der Waals surface area contributed by atoms with Gasteiger partial charge in [0.25, 0.3) is 0 Å². The fourth-order valence-electron chi connectivity index (χ4n) is 3.63. The minimum Gasteiger partial charge on any atom is -0.489 e. The zero-order valence-corrected chi connectivity index (χ0v) is 18.0. The van der Waals surface area contributed by atoms with E-state index in [1.165, 1.54) is 11.6 Å². The fourth-order valence-corrected chi connectivity index (χ4v) is 3.63. The molecule has 3 heteroatoms. The molecular weight excluding hydrogens is 394 g/mol. The summed E-state index contributed by atoms with van der Waals surface area (Å²) in [7, 11) is 0. The Bertz CT molecular complexity index is 1260. The van der Waals surface area contributed by atoms with Crippen molar-refractivity contribution in [3.05, 3.63) is 120 Å². The first kappa shape index (κ1) is 21.1. The van der Waals surface area contributed by atoms with Crippen LogP contribution in [0.15, 0.2) is 103 Å². The van der Waals surface area contributed by atoms with Gasteiger partial charge < -0.3 is 10.5 Å². The lowest BCUT2D eigenvalue weighted by Crippen LogP contribution is -2.05. The normalized spacial score (nSPS) is 10.9. The molecule has 0 atom stereocenters. The van der Waals surface area contributed by atoms with Crippen LogP contribution in [-0.2, 0) is 11.4 Å². The summed E-state index contributed by atoms with van der Waals surface area (Å²) in [4.78, 5) is 11.4. The van der Waals surface area contributed by atoms with Crippen LogP contribution in [0.3, 0.4) is 0 Å². The summed E-state index contributed by atoms with van der Waals surface area (Å²) in [6, 6.07) is 32.7. The highest BCUT2D eigenvalue weighted by molar-refractivity contribution is 5.92. The van der Waals surface area contributed by atoms with E-state index in [1.807, 2.05) is 60.7 Å². The number of aryl methyl sites for hydroxylation is 1. The molecule has 32 heavy (non-hydrogen) atoms. The minimum absolute atomic E-state index is 0.475. The molecule has 0 aromatic heterocycles. The summed E-state index contributed by atoms with van der Waals surface area (Å²) in [6.07, 6.45) is 3.17. The van der Waals surface area contributed by atoms with Crippen LogP contribution in [0.25, 0.3) is 28.3 Å². The largest absolute Gasteiger partial charge is 0.489 e. The van der Waals surface area contributed by atoms with Gasteiger partial charge in [-0.3, -0.25) is 4.79 Å². The predicted molar refractivity (Wildman–Crippen MR) is 131 cm³/mol. The van der Waals surface area contributed by atoms with Crippen LogP contribution in [0.4, 0.5) is 0 Å². The van der Waals surface area contributed by atoms with Gasteiger partial charge in [0.15, 0.2) is 0 Å². The Morgan fingerprint density at radius 1 is 0.812 bits per heavy atom. The van der Waals surface area contributed by atoms with Crippen molar-refractivity contribution < 1.29 is 9.53 Å². The van der Waals surface area contributed by atoms with Crippen LogP contribution in [0.2, 0.25) is 0 Å². The standard InChI is InChI=1S/C29H25NO2/c1-21-7-5-10-23(17-21)24-13-15-28(26(18-24)14-16-29(30)31)25-11-6-12-27(19-25)32-20-22-8-3-2-4-9-22/h2-19H,20H2,1H3,(H2,30,31)/b16-14+. The highest BCUT2D eigenvalue weighted by Gasteiger charge is 2.08. The molecule has 0 radical (unpaired) electrons. The molecule has 0 saturated carbocycles. The Labute approximate surface area is 188 Å². The molecule has 1 amide bonds. The number of ether oxygens (including phenoxy) is 1. The van der Waals surface area contributed by atoms with E-state index >= 15 is 0 Å². The van der Waals surface area contributed by atoms with Crippen molar-refractivity contribution in [2.24, 2.45) is 5.73 Å². The Kier molecular flexibility index (Phi) is 6.47. The van der Waals surface area contributed by atoms with Gasteiger partial charge in [0, 0.05) is 6.08 Å². The van der Waals surface area contributed by atoms with Gasteiger partial charge in [-0.15, -0.1) is 0 Å². The first-order chi connectivity index (χ1) is 15.6. The van der Waals surface area contributed by atoms with E-state index in [1.54, 1.807) is 6.08 Å². The summed E-state index contributed by atoms with van der Waals surface area (Å²) in [6.45, 7) is 2.58. The topological polar surface area (TPSA) is 52.3 Å². The third-order valence-electron chi connectivity index (χ3n) is 5.22. The van der Waals surface area contributed by atoms with Gasteiger partial charge in [-0.1, -0.05) is 84.4 Å². The maximum Gasteiger partial charge on any atom is 0.241 e. The average Bonchev–Trinajstić information content (AvgIpc) is 2.82. The Balaban J connectivity index is 1.68. The molecule has 4 rings (SSSR count). The van der Waals surface area contributed by atoms with E-state index in [2.05, 4.69) is 43.3 Å². The lowest BCUT2D eigenvalue weighted by atomic mass is 9.94. The van der Waals surface area contributed by atoms with Crippen molar-refractivity contribution in [1.29, 1.82) is 0 Å². The van der Waals surface area contributed by atoms with Crippen LogP contribution in [-0.4, -0.2) is 5.91 Å². The van der Waals surface area contributed by atoms with Gasteiger partial charge in [-0.25, -0.2) is 0 Å². The van der Waals surface area contributed by atoms with E-state index in [0.29, 0.717) is 6.61 Å². The average molecular weight is 420 g/mol. The number of hydrogen-bond donors (Lipinski definition) is 1. The monoisotopic (exact) mass is 419 g/mol. The molecule has 0 aliphatic heterocycles. The summed E-state index contributed by atoms with van der Waals surface area (Å²) in [5.74, 6) is 0.316. The molecule has 2 N–H and O–H groups in total. The number of primary amides is 1. The zero-order valence-electron chi connectivity index (χ0n) is 18.0. The molecule has 158 valence electrons. The summed E-state index contributed by atoms with van der Waals surface area (Å²) >= 11 is 0.